The van der Waals surface area contributed by atoms with Gasteiger partial charge in [0.05, 0.1) is 22.8 Å². The van der Waals surface area contributed by atoms with Gasteiger partial charge in [-0.25, -0.2) is 18.3 Å². The van der Waals surface area contributed by atoms with Crippen LogP contribution in [0.5, 0.6) is 0 Å². The van der Waals surface area contributed by atoms with Gasteiger partial charge in [-0.05, 0) is 35.9 Å². The van der Waals surface area contributed by atoms with Crippen LogP contribution in [0.15, 0.2) is 59.7 Å². The van der Waals surface area contributed by atoms with Gasteiger partial charge >= 0.3 is 5.97 Å². The lowest BCUT2D eigenvalue weighted by atomic mass is 10.0. The highest BCUT2D eigenvalue weighted by atomic mass is 19.1. The zero-order valence-electron chi connectivity index (χ0n) is 17.8. The summed E-state index contributed by atoms with van der Waals surface area (Å²) in [5.41, 5.74) is 5.68. The number of aryl methyl sites for hydroxylation is 1. The van der Waals surface area contributed by atoms with Gasteiger partial charge in [-0.2, -0.15) is 0 Å². The van der Waals surface area contributed by atoms with Gasteiger partial charge in [0.2, 0.25) is 0 Å². The number of rotatable bonds is 6. The summed E-state index contributed by atoms with van der Waals surface area (Å²) in [7, 11) is 1.71. The molecule has 0 aliphatic rings. The number of aromatic nitrogens is 3. The number of hydrogen-bond acceptors (Lipinski definition) is 5. The largest absolute Gasteiger partial charge is 0.480 e. The number of carboxylic acid groups (broad SMARTS) is 1. The van der Waals surface area contributed by atoms with E-state index in [1.54, 1.807) is 48.3 Å². The third kappa shape index (κ3) is 4.10. The molecule has 0 aliphatic carbocycles. The maximum Gasteiger partial charge on any atom is 0.326 e. The van der Waals surface area contributed by atoms with Crippen molar-refractivity contribution in [3.05, 3.63) is 88.0 Å². The number of hydrogen-bond donors (Lipinski definition) is 3. The maximum atomic E-state index is 14.0. The van der Waals surface area contributed by atoms with Gasteiger partial charge in [-0.3, -0.25) is 19.3 Å². The Kier molecular flexibility index (Phi) is 5.84. The minimum absolute atomic E-state index is 0.159. The second-order valence-corrected chi connectivity index (χ2v) is 7.63. The smallest absolute Gasteiger partial charge is 0.326 e. The van der Waals surface area contributed by atoms with Gasteiger partial charge in [-0.1, -0.05) is 12.1 Å². The highest BCUT2D eigenvalue weighted by molar-refractivity contribution is 5.97. The molecule has 0 spiro atoms. The van der Waals surface area contributed by atoms with Crippen LogP contribution in [0, 0.1) is 11.6 Å². The minimum Gasteiger partial charge on any atom is -0.480 e. The Labute approximate surface area is 191 Å². The van der Waals surface area contributed by atoms with E-state index in [2.05, 4.69) is 10.3 Å². The summed E-state index contributed by atoms with van der Waals surface area (Å²) in [4.78, 5) is 40.8. The van der Waals surface area contributed by atoms with Crippen molar-refractivity contribution in [2.75, 3.05) is 5.73 Å². The standard InChI is InChI=1S/C23H19F2N5O4/c1-29-19-11-27-7-6-15(19)22(32)30(29)14-4-2-12(3-5-14)8-18(23(33)34)28-21(31)20-16(24)9-13(26)10-17(20)25/h2-7,9-11,18H,8,26H2,1H3,(H,28,31)(H,33,34)/t18-/m0/s1. The molecular formula is C23H19F2N5O4. The van der Waals surface area contributed by atoms with E-state index < -0.39 is 35.1 Å². The summed E-state index contributed by atoms with van der Waals surface area (Å²) in [5, 5.41) is 12.2. The molecule has 11 heteroatoms. The topological polar surface area (TPSA) is 132 Å². The van der Waals surface area contributed by atoms with Crippen molar-refractivity contribution in [1.82, 2.24) is 19.7 Å². The lowest BCUT2D eigenvalue weighted by Crippen LogP contribution is -2.43. The normalized spacial score (nSPS) is 12.0. The van der Waals surface area contributed by atoms with E-state index in [4.69, 9.17) is 5.73 Å². The minimum atomic E-state index is -1.46. The molecule has 1 amide bonds. The number of fused-ring (bicyclic) bond motifs is 1. The number of benzene rings is 2. The van der Waals surface area contributed by atoms with Crippen LogP contribution in [0.1, 0.15) is 15.9 Å². The summed E-state index contributed by atoms with van der Waals surface area (Å²) in [6.07, 6.45) is 2.95. The van der Waals surface area contributed by atoms with E-state index in [9.17, 15) is 28.3 Å². The fourth-order valence-corrected chi connectivity index (χ4v) is 3.72. The second kappa shape index (κ2) is 8.77. The van der Waals surface area contributed by atoms with Crippen LogP contribution < -0.4 is 16.6 Å². The molecule has 2 aromatic carbocycles. The van der Waals surface area contributed by atoms with Gasteiger partial charge in [0.25, 0.3) is 11.5 Å². The molecule has 0 saturated heterocycles. The fourth-order valence-electron chi connectivity index (χ4n) is 3.72. The van der Waals surface area contributed by atoms with E-state index in [0.29, 0.717) is 22.2 Å². The number of carboxylic acids is 1. The molecule has 4 aromatic rings. The highest BCUT2D eigenvalue weighted by Gasteiger charge is 2.25. The number of nitrogens with one attached hydrogen (secondary N) is 1. The molecule has 0 fully saturated rings. The first kappa shape index (κ1) is 22.6. The Morgan fingerprint density at radius 3 is 2.38 bits per heavy atom. The number of anilines is 1. The lowest BCUT2D eigenvalue weighted by molar-refractivity contribution is -0.139. The van der Waals surface area contributed by atoms with Gasteiger partial charge < -0.3 is 16.2 Å². The number of nitrogen functional groups attached to an aromatic ring is 1. The third-order valence-corrected chi connectivity index (χ3v) is 5.39. The molecule has 4 N–H and O–H groups in total. The van der Waals surface area contributed by atoms with Gasteiger partial charge in [-0.15, -0.1) is 0 Å². The van der Waals surface area contributed by atoms with Gasteiger partial charge in [0, 0.05) is 25.4 Å². The van der Waals surface area contributed by atoms with Crippen molar-refractivity contribution in [3.8, 4) is 5.69 Å². The number of nitrogens with two attached hydrogens (primary N) is 1. The summed E-state index contributed by atoms with van der Waals surface area (Å²) in [6.45, 7) is 0. The molecule has 1 atom stereocenters. The molecule has 0 aliphatic heterocycles. The van der Waals surface area contributed by atoms with E-state index in [1.807, 2.05) is 0 Å². The predicted molar refractivity (Wildman–Crippen MR) is 120 cm³/mol. The second-order valence-electron chi connectivity index (χ2n) is 7.63. The Hall–Kier alpha value is -4.54. The number of amides is 1. The zero-order valence-corrected chi connectivity index (χ0v) is 17.8. The first-order chi connectivity index (χ1) is 16.2. The number of aliphatic carboxylic acids is 1. The SMILES string of the molecule is Cn1c2cnccc2c(=O)n1-c1ccc(C[C@H](NC(=O)c2c(F)cc(N)cc2F)C(=O)O)cc1. The summed E-state index contributed by atoms with van der Waals surface area (Å²) in [5.74, 6) is -4.99. The van der Waals surface area contributed by atoms with Crippen molar-refractivity contribution in [1.29, 1.82) is 0 Å². The third-order valence-electron chi connectivity index (χ3n) is 5.39. The van der Waals surface area contributed by atoms with E-state index in [1.165, 1.54) is 10.9 Å². The average molecular weight is 467 g/mol. The van der Waals surface area contributed by atoms with Crippen LogP contribution >= 0.6 is 0 Å². The lowest BCUT2D eigenvalue weighted by Gasteiger charge is -2.16. The molecule has 174 valence electrons. The number of carbonyl (C=O) groups excluding carboxylic acids is 1. The van der Waals surface area contributed by atoms with Gasteiger partial charge in [0.15, 0.2) is 0 Å². The quantitative estimate of drug-likeness (QED) is 0.372. The molecule has 4 rings (SSSR count). The number of pyridine rings is 1. The predicted octanol–water partition coefficient (Wildman–Crippen LogP) is 2.01. The van der Waals surface area contributed by atoms with Crippen LogP contribution in [0.25, 0.3) is 16.6 Å². The molecular weight excluding hydrogens is 448 g/mol. The molecule has 0 radical (unpaired) electrons. The van der Waals surface area contributed by atoms with Crippen LogP contribution in [-0.2, 0) is 18.3 Å². The Morgan fingerprint density at radius 1 is 1.15 bits per heavy atom. The summed E-state index contributed by atoms with van der Waals surface area (Å²) >= 11 is 0. The van der Waals surface area contributed by atoms with Crippen molar-refractivity contribution in [3.63, 3.8) is 0 Å². The fraction of sp³-hybridized carbons (Fsp3) is 0.130. The summed E-state index contributed by atoms with van der Waals surface area (Å²) in [6, 6.07) is 8.17. The number of carbonyl (C=O) groups is 2. The first-order valence-corrected chi connectivity index (χ1v) is 10.1. The van der Waals surface area contributed by atoms with E-state index in [-0.39, 0.29) is 17.7 Å². The van der Waals surface area contributed by atoms with Crippen molar-refractivity contribution >= 4 is 28.5 Å². The molecule has 0 unspecified atom stereocenters. The van der Waals surface area contributed by atoms with Crippen LogP contribution in [0.2, 0.25) is 0 Å². The zero-order chi connectivity index (χ0) is 24.6. The Bertz CT molecular complexity index is 1450. The Morgan fingerprint density at radius 2 is 1.79 bits per heavy atom. The van der Waals surface area contributed by atoms with Gasteiger partial charge in [0.1, 0.15) is 23.2 Å². The number of nitrogens with zero attached hydrogens (tertiary/aromatic N) is 3. The van der Waals surface area contributed by atoms with Crippen molar-refractivity contribution in [2.24, 2.45) is 7.05 Å². The van der Waals surface area contributed by atoms with E-state index >= 15 is 0 Å². The average Bonchev–Trinajstić information content (AvgIpc) is 3.03. The monoisotopic (exact) mass is 467 g/mol. The molecule has 34 heavy (non-hydrogen) atoms. The summed E-state index contributed by atoms with van der Waals surface area (Å²) < 4.78 is 31.1. The highest BCUT2D eigenvalue weighted by Crippen LogP contribution is 2.18. The maximum absolute atomic E-state index is 14.0. The molecule has 0 bridgehead atoms. The first-order valence-electron chi connectivity index (χ1n) is 10.1. The van der Waals surface area contributed by atoms with Crippen molar-refractivity contribution < 1.29 is 23.5 Å². The van der Waals surface area contributed by atoms with E-state index in [0.717, 1.165) is 12.1 Å². The van der Waals surface area contributed by atoms with Crippen LogP contribution in [0.3, 0.4) is 0 Å². The Balaban J connectivity index is 1.57. The molecule has 9 nitrogen and oxygen atoms in total. The van der Waals surface area contributed by atoms with Crippen molar-refractivity contribution in [2.45, 2.75) is 12.5 Å². The van der Waals surface area contributed by atoms with Crippen LogP contribution in [-0.4, -0.2) is 37.4 Å². The molecule has 2 heterocycles. The molecule has 2 aromatic heterocycles. The van der Waals surface area contributed by atoms with Crippen LogP contribution in [0.4, 0.5) is 14.5 Å². The molecule has 0 saturated carbocycles. The number of halogens is 2.